The average molecular weight is 466 g/mol. The van der Waals surface area contributed by atoms with Crippen LogP contribution in [0.25, 0.3) is 10.8 Å². The van der Waals surface area contributed by atoms with Crippen LogP contribution in [-0.4, -0.2) is 47.9 Å². The van der Waals surface area contributed by atoms with E-state index in [1.807, 2.05) is 0 Å². The highest BCUT2D eigenvalue weighted by Crippen LogP contribution is 2.23. The van der Waals surface area contributed by atoms with Crippen molar-refractivity contribution in [2.45, 2.75) is 44.6 Å². The van der Waals surface area contributed by atoms with Gasteiger partial charge in [-0.25, -0.2) is 4.68 Å². The Hall–Kier alpha value is -1.84. The number of imide groups is 1. The first-order valence-corrected chi connectivity index (χ1v) is 13.8. The van der Waals surface area contributed by atoms with Crippen LogP contribution < -0.4 is 5.56 Å². The van der Waals surface area contributed by atoms with Crippen LogP contribution in [0.3, 0.4) is 0 Å². The van der Waals surface area contributed by atoms with Crippen LogP contribution in [0.15, 0.2) is 33.7 Å². The van der Waals surface area contributed by atoms with Crippen molar-refractivity contribution in [2.24, 2.45) is 0 Å². The molecule has 1 aromatic carbocycles. The lowest BCUT2D eigenvalue weighted by atomic mass is 10.0. The van der Waals surface area contributed by atoms with Crippen LogP contribution in [0.2, 0.25) is 25.7 Å². The quantitative estimate of drug-likeness (QED) is 0.371. The van der Waals surface area contributed by atoms with Gasteiger partial charge in [-0.05, 0) is 30.7 Å². The molecule has 0 bridgehead atoms. The Bertz CT molecular complexity index is 970. The molecule has 0 aliphatic carbocycles. The number of piperidine rings is 1. The number of amides is 2. The van der Waals surface area contributed by atoms with Gasteiger partial charge < -0.3 is 4.74 Å². The molecule has 1 atom stereocenters. The van der Waals surface area contributed by atoms with Crippen molar-refractivity contribution in [3.63, 3.8) is 0 Å². The maximum Gasteiger partial charge on any atom is 0.275 e. The topological polar surface area (TPSA) is 81.5 Å². The molecule has 2 heterocycles. The van der Waals surface area contributed by atoms with Crippen LogP contribution in [-0.2, 0) is 14.3 Å². The third kappa shape index (κ3) is 4.58. The summed E-state index contributed by atoms with van der Waals surface area (Å²) in [5, 5.41) is 5.38. The van der Waals surface area contributed by atoms with Crippen LogP contribution >= 0.6 is 15.9 Å². The molecular formula is C19H24BrN3O4Si. The van der Waals surface area contributed by atoms with Crippen molar-refractivity contribution < 1.29 is 14.3 Å². The summed E-state index contributed by atoms with van der Waals surface area (Å²) in [4.78, 5) is 39.1. The van der Waals surface area contributed by atoms with Crippen molar-refractivity contribution in [2.75, 3.05) is 13.3 Å². The molecule has 7 nitrogen and oxygen atoms in total. The van der Waals surface area contributed by atoms with E-state index in [9.17, 15) is 14.4 Å². The maximum atomic E-state index is 12.9. The summed E-state index contributed by atoms with van der Waals surface area (Å²) in [6, 6.07) is 5.44. The second-order valence-electron chi connectivity index (χ2n) is 8.19. The molecule has 2 aromatic rings. The molecule has 1 fully saturated rings. The van der Waals surface area contributed by atoms with Crippen molar-refractivity contribution in [1.82, 2.24) is 14.7 Å². The van der Waals surface area contributed by atoms with Gasteiger partial charge in [-0.15, -0.1) is 0 Å². The highest BCUT2D eigenvalue weighted by molar-refractivity contribution is 9.10. The van der Waals surface area contributed by atoms with E-state index < -0.39 is 20.0 Å². The zero-order valence-electron chi connectivity index (χ0n) is 16.3. The predicted molar refractivity (Wildman–Crippen MR) is 113 cm³/mol. The number of aromatic nitrogens is 2. The molecule has 150 valence electrons. The highest BCUT2D eigenvalue weighted by Gasteiger charge is 2.36. The van der Waals surface area contributed by atoms with E-state index in [-0.39, 0.29) is 31.0 Å². The molecule has 1 aliphatic rings. The summed E-state index contributed by atoms with van der Waals surface area (Å²) in [6.07, 6.45) is 2.01. The molecule has 9 heteroatoms. The number of carbonyl (C=O) groups excluding carboxylic acids is 2. The number of nitrogens with zero attached hydrogens (tertiary/aromatic N) is 3. The number of likely N-dealkylation sites (tertiary alicyclic amines) is 1. The minimum atomic E-state index is -1.25. The standard InChI is InChI=1S/C19H24BrN3O4Si/c1-28(2,3)9-8-27-12-22-17(24)7-6-16(19(22)26)23-18(25)15-5-4-14(20)10-13(15)11-21-23/h4-5,10-11,16H,6-9,12H2,1-3H3. The zero-order chi connectivity index (χ0) is 20.5. The van der Waals surface area contributed by atoms with Crippen molar-refractivity contribution >= 4 is 46.6 Å². The van der Waals surface area contributed by atoms with Crippen molar-refractivity contribution in [3.8, 4) is 0 Å². The third-order valence-corrected chi connectivity index (χ3v) is 6.97. The number of benzene rings is 1. The van der Waals surface area contributed by atoms with Crippen LogP contribution in [0.4, 0.5) is 0 Å². The number of rotatable bonds is 6. The van der Waals surface area contributed by atoms with Gasteiger partial charge >= 0.3 is 0 Å². The lowest BCUT2D eigenvalue weighted by Crippen LogP contribution is -2.49. The number of hydrogen-bond acceptors (Lipinski definition) is 5. The van der Waals surface area contributed by atoms with Gasteiger partial charge in [0.2, 0.25) is 5.91 Å². The summed E-state index contributed by atoms with van der Waals surface area (Å²) >= 11 is 3.37. The molecule has 28 heavy (non-hydrogen) atoms. The SMILES string of the molecule is C[Si](C)(C)CCOCN1C(=O)CCC(n2ncc3cc(Br)ccc3c2=O)C1=O. The van der Waals surface area contributed by atoms with Gasteiger partial charge in [0, 0.05) is 31.0 Å². The summed E-state index contributed by atoms with van der Waals surface area (Å²) in [5.74, 6) is -0.706. The molecule has 1 saturated heterocycles. The largest absolute Gasteiger partial charge is 0.361 e. The Morgan fingerprint density at radius 2 is 2.00 bits per heavy atom. The van der Waals surface area contributed by atoms with Gasteiger partial charge in [-0.2, -0.15) is 5.10 Å². The Labute approximate surface area is 172 Å². The number of fused-ring (bicyclic) bond motifs is 1. The van der Waals surface area contributed by atoms with Gasteiger partial charge in [-0.3, -0.25) is 19.3 Å². The number of carbonyl (C=O) groups is 2. The van der Waals surface area contributed by atoms with Crippen LogP contribution in [0.1, 0.15) is 18.9 Å². The maximum absolute atomic E-state index is 12.9. The normalized spacial score (nSPS) is 18.1. The molecule has 0 N–H and O–H groups in total. The lowest BCUT2D eigenvalue weighted by molar-refractivity contribution is -0.157. The van der Waals surface area contributed by atoms with E-state index in [1.54, 1.807) is 24.4 Å². The van der Waals surface area contributed by atoms with E-state index in [4.69, 9.17) is 4.74 Å². The lowest BCUT2D eigenvalue weighted by Gasteiger charge is -2.30. The molecule has 1 aliphatic heterocycles. The Morgan fingerprint density at radius 3 is 2.71 bits per heavy atom. The van der Waals surface area contributed by atoms with Crippen LogP contribution in [0.5, 0.6) is 0 Å². The fraction of sp³-hybridized carbons (Fsp3) is 0.474. The van der Waals surface area contributed by atoms with Gasteiger partial charge in [0.25, 0.3) is 11.5 Å². The molecule has 0 spiro atoms. The summed E-state index contributed by atoms with van der Waals surface area (Å²) < 4.78 is 7.64. The Morgan fingerprint density at radius 1 is 1.25 bits per heavy atom. The van der Waals surface area contributed by atoms with E-state index in [0.717, 1.165) is 15.4 Å². The Kier molecular flexibility index (Phi) is 6.16. The monoisotopic (exact) mass is 465 g/mol. The third-order valence-electron chi connectivity index (χ3n) is 4.77. The van der Waals surface area contributed by atoms with E-state index in [2.05, 4.69) is 40.7 Å². The fourth-order valence-electron chi connectivity index (χ4n) is 3.08. The molecule has 1 unspecified atom stereocenters. The second-order valence-corrected chi connectivity index (χ2v) is 14.7. The number of hydrogen-bond donors (Lipinski definition) is 0. The van der Waals surface area contributed by atoms with Crippen molar-refractivity contribution in [3.05, 3.63) is 39.2 Å². The molecule has 0 radical (unpaired) electrons. The number of ether oxygens (including phenoxy) is 1. The zero-order valence-corrected chi connectivity index (χ0v) is 18.9. The van der Waals surface area contributed by atoms with Gasteiger partial charge in [-0.1, -0.05) is 35.6 Å². The number of halogens is 1. The van der Waals surface area contributed by atoms with E-state index in [0.29, 0.717) is 17.4 Å². The van der Waals surface area contributed by atoms with Gasteiger partial charge in [0.1, 0.15) is 12.8 Å². The molecule has 0 saturated carbocycles. The fourth-order valence-corrected chi connectivity index (χ4v) is 4.21. The van der Waals surface area contributed by atoms with Gasteiger partial charge in [0.15, 0.2) is 0 Å². The van der Waals surface area contributed by atoms with Gasteiger partial charge in [0.05, 0.1) is 11.6 Å². The molecule has 2 amide bonds. The highest BCUT2D eigenvalue weighted by atomic mass is 79.9. The predicted octanol–water partition coefficient (Wildman–Crippen LogP) is 3.16. The first-order chi connectivity index (χ1) is 13.2. The van der Waals surface area contributed by atoms with Crippen LogP contribution in [0, 0.1) is 0 Å². The summed E-state index contributed by atoms with van der Waals surface area (Å²) in [5.41, 5.74) is -0.336. The minimum absolute atomic E-state index is 0.0755. The molecule has 3 rings (SSSR count). The van der Waals surface area contributed by atoms with E-state index >= 15 is 0 Å². The Balaban J connectivity index is 1.79. The minimum Gasteiger partial charge on any atom is -0.361 e. The first-order valence-electron chi connectivity index (χ1n) is 9.26. The van der Waals surface area contributed by atoms with E-state index in [1.165, 1.54) is 4.68 Å². The summed E-state index contributed by atoms with van der Waals surface area (Å²) in [6.45, 7) is 7.15. The molecular weight excluding hydrogens is 442 g/mol. The smallest absolute Gasteiger partial charge is 0.275 e. The van der Waals surface area contributed by atoms with Crippen molar-refractivity contribution in [1.29, 1.82) is 0 Å². The first kappa shape index (κ1) is 20.9. The average Bonchev–Trinajstić information content (AvgIpc) is 2.61. The second kappa shape index (κ2) is 8.26. The summed E-state index contributed by atoms with van der Waals surface area (Å²) in [7, 11) is -1.25. The molecule has 1 aromatic heterocycles.